The normalized spacial score (nSPS) is 11.8. The van der Waals surface area contributed by atoms with Crippen LogP contribution in [0.25, 0.3) is 6.08 Å². The van der Waals surface area contributed by atoms with Gasteiger partial charge in [0.05, 0.1) is 5.56 Å². The van der Waals surface area contributed by atoms with E-state index in [1.807, 2.05) is 6.92 Å². The molecule has 0 bridgehead atoms. The van der Waals surface area contributed by atoms with E-state index in [9.17, 15) is 18.0 Å². The molecule has 0 spiro atoms. The van der Waals surface area contributed by atoms with Gasteiger partial charge in [-0.3, -0.25) is 4.79 Å². The molecular formula is C13H13ClF3NO. The maximum Gasteiger partial charge on any atom is 0.416 e. The van der Waals surface area contributed by atoms with Crippen molar-refractivity contribution in [1.29, 1.82) is 0 Å². The Bertz CT molecular complexity index is 483. The molecule has 104 valence electrons. The molecule has 2 nitrogen and oxygen atoms in total. The van der Waals surface area contributed by atoms with Crippen molar-refractivity contribution in [3.63, 3.8) is 0 Å². The standard InChI is InChI=1S/C13H13ClF3NO/c1-2-7-18-12(19)6-3-9-8-10(13(15,16)17)4-5-11(9)14/h3-6,8H,2,7H2,1H3,(H,18,19)/b6-3+. The van der Waals surface area contributed by atoms with Gasteiger partial charge in [0, 0.05) is 17.6 Å². The van der Waals surface area contributed by atoms with Crippen molar-refractivity contribution in [3.8, 4) is 0 Å². The highest BCUT2D eigenvalue weighted by Crippen LogP contribution is 2.32. The number of benzene rings is 1. The van der Waals surface area contributed by atoms with Gasteiger partial charge in [0.25, 0.3) is 0 Å². The molecule has 0 aliphatic heterocycles. The fraction of sp³-hybridized carbons (Fsp3) is 0.308. The summed E-state index contributed by atoms with van der Waals surface area (Å²) in [6.45, 7) is 2.41. The van der Waals surface area contributed by atoms with Gasteiger partial charge in [0.2, 0.25) is 5.91 Å². The number of halogens is 4. The fourth-order valence-electron chi connectivity index (χ4n) is 1.32. The third-order valence-corrected chi connectivity index (χ3v) is 2.63. The van der Waals surface area contributed by atoms with E-state index >= 15 is 0 Å². The first-order chi connectivity index (χ1) is 8.84. The van der Waals surface area contributed by atoms with Crippen LogP contribution in [0, 0.1) is 0 Å². The number of carbonyl (C=O) groups is 1. The van der Waals surface area contributed by atoms with E-state index in [2.05, 4.69) is 5.32 Å². The van der Waals surface area contributed by atoms with Crippen molar-refractivity contribution in [2.24, 2.45) is 0 Å². The van der Waals surface area contributed by atoms with Crippen LogP contribution < -0.4 is 5.32 Å². The van der Waals surface area contributed by atoms with E-state index in [1.165, 1.54) is 6.08 Å². The SMILES string of the molecule is CCCNC(=O)/C=C/c1cc(C(F)(F)F)ccc1Cl. The highest BCUT2D eigenvalue weighted by atomic mass is 35.5. The van der Waals surface area contributed by atoms with Gasteiger partial charge >= 0.3 is 6.18 Å². The molecule has 6 heteroatoms. The van der Waals surface area contributed by atoms with E-state index in [1.54, 1.807) is 0 Å². The number of hydrogen-bond donors (Lipinski definition) is 1. The van der Waals surface area contributed by atoms with Crippen molar-refractivity contribution in [3.05, 3.63) is 40.4 Å². The molecule has 0 aliphatic rings. The number of rotatable bonds is 4. The monoisotopic (exact) mass is 291 g/mol. The highest BCUT2D eigenvalue weighted by molar-refractivity contribution is 6.32. The zero-order valence-electron chi connectivity index (χ0n) is 10.2. The molecular weight excluding hydrogens is 279 g/mol. The van der Waals surface area contributed by atoms with Gasteiger partial charge in [-0.2, -0.15) is 13.2 Å². The van der Waals surface area contributed by atoms with Crippen molar-refractivity contribution in [2.45, 2.75) is 19.5 Å². The Kier molecular flexibility index (Phi) is 5.42. The van der Waals surface area contributed by atoms with E-state index in [0.717, 1.165) is 30.7 Å². The first-order valence-electron chi connectivity index (χ1n) is 5.67. The van der Waals surface area contributed by atoms with Crippen LogP contribution >= 0.6 is 11.6 Å². The third-order valence-electron chi connectivity index (χ3n) is 2.29. The summed E-state index contributed by atoms with van der Waals surface area (Å²) in [6.07, 6.45) is -1.22. The predicted molar refractivity (Wildman–Crippen MR) is 68.8 cm³/mol. The number of hydrogen-bond acceptors (Lipinski definition) is 1. The summed E-state index contributed by atoms with van der Waals surface area (Å²) >= 11 is 5.78. The van der Waals surface area contributed by atoms with Crippen LogP contribution in [0.5, 0.6) is 0 Å². The van der Waals surface area contributed by atoms with Crippen LogP contribution in [-0.2, 0) is 11.0 Å². The number of carbonyl (C=O) groups excluding carboxylic acids is 1. The van der Waals surface area contributed by atoms with E-state index in [0.29, 0.717) is 6.54 Å². The van der Waals surface area contributed by atoms with Gasteiger partial charge in [-0.1, -0.05) is 18.5 Å². The summed E-state index contributed by atoms with van der Waals surface area (Å²) in [7, 11) is 0. The zero-order chi connectivity index (χ0) is 14.5. The van der Waals surface area contributed by atoms with Crippen LogP contribution in [-0.4, -0.2) is 12.5 Å². The van der Waals surface area contributed by atoms with Crippen LogP contribution in [0.3, 0.4) is 0 Å². The van der Waals surface area contributed by atoms with Gasteiger partial charge in [-0.15, -0.1) is 0 Å². The van der Waals surface area contributed by atoms with Crippen molar-refractivity contribution >= 4 is 23.6 Å². The first-order valence-corrected chi connectivity index (χ1v) is 6.05. The Morgan fingerprint density at radius 1 is 1.42 bits per heavy atom. The second-order valence-corrected chi connectivity index (χ2v) is 4.27. The Labute approximate surface area is 114 Å². The fourth-order valence-corrected chi connectivity index (χ4v) is 1.50. The Morgan fingerprint density at radius 3 is 2.68 bits per heavy atom. The number of amides is 1. The maximum absolute atomic E-state index is 12.5. The molecule has 0 unspecified atom stereocenters. The summed E-state index contributed by atoms with van der Waals surface area (Å²) in [4.78, 5) is 11.3. The lowest BCUT2D eigenvalue weighted by Gasteiger charge is -2.08. The average molecular weight is 292 g/mol. The van der Waals surface area contributed by atoms with Gasteiger partial charge in [-0.05, 0) is 36.3 Å². The smallest absolute Gasteiger partial charge is 0.353 e. The largest absolute Gasteiger partial charge is 0.416 e. The minimum Gasteiger partial charge on any atom is -0.353 e. The molecule has 19 heavy (non-hydrogen) atoms. The number of alkyl halides is 3. The average Bonchev–Trinajstić information content (AvgIpc) is 2.33. The molecule has 0 aromatic heterocycles. The Hall–Kier alpha value is -1.49. The summed E-state index contributed by atoms with van der Waals surface area (Å²) < 4.78 is 37.6. The van der Waals surface area contributed by atoms with Crippen LogP contribution in [0.1, 0.15) is 24.5 Å². The topological polar surface area (TPSA) is 29.1 Å². The highest BCUT2D eigenvalue weighted by Gasteiger charge is 2.30. The molecule has 1 aromatic carbocycles. The minimum atomic E-state index is -4.43. The lowest BCUT2D eigenvalue weighted by Crippen LogP contribution is -2.21. The maximum atomic E-state index is 12.5. The summed E-state index contributed by atoms with van der Waals surface area (Å²) in [5.74, 6) is -0.365. The summed E-state index contributed by atoms with van der Waals surface area (Å²) in [5.41, 5.74) is -0.645. The van der Waals surface area contributed by atoms with E-state index in [-0.39, 0.29) is 16.5 Å². The van der Waals surface area contributed by atoms with Crippen LogP contribution in [0.15, 0.2) is 24.3 Å². The molecule has 1 aromatic rings. The summed E-state index contributed by atoms with van der Waals surface area (Å²) in [6, 6.07) is 2.97. The van der Waals surface area contributed by atoms with Crippen molar-refractivity contribution in [1.82, 2.24) is 5.32 Å². The number of nitrogens with one attached hydrogen (secondary N) is 1. The van der Waals surface area contributed by atoms with E-state index < -0.39 is 11.7 Å². The Morgan fingerprint density at radius 2 is 2.11 bits per heavy atom. The first kappa shape index (κ1) is 15.6. The summed E-state index contributed by atoms with van der Waals surface area (Å²) in [5, 5.41) is 2.74. The van der Waals surface area contributed by atoms with Gasteiger partial charge in [0.15, 0.2) is 0 Å². The molecule has 0 heterocycles. The van der Waals surface area contributed by atoms with E-state index in [4.69, 9.17) is 11.6 Å². The molecule has 0 radical (unpaired) electrons. The van der Waals surface area contributed by atoms with Crippen LogP contribution in [0.2, 0.25) is 5.02 Å². The van der Waals surface area contributed by atoms with Gasteiger partial charge < -0.3 is 5.32 Å². The van der Waals surface area contributed by atoms with Crippen molar-refractivity contribution < 1.29 is 18.0 Å². The molecule has 1 rings (SSSR count). The van der Waals surface area contributed by atoms with Gasteiger partial charge in [-0.25, -0.2) is 0 Å². The second kappa shape index (κ2) is 6.61. The van der Waals surface area contributed by atoms with Gasteiger partial charge in [0.1, 0.15) is 0 Å². The molecule has 0 saturated carbocycles. The predicted octanol–water partition coefficient (Wildman–Crippen LogP) is 3.90. The second-order valence-electron chi connectivity index (χ2n) is 3.86. The zero-order valence-corrected chi connectivity index (χ0v) is 11.0. The molecule has 1 N–H and O–H groups in total. The molecule has 0 saturated heterocycles. The molecule has 0 fully saturated rings. The lowest BCUT2D eigenvalue weighted by atomic mass is 10.1. The van der Waals surface area contributed by atoms with Crippen LogP contribution in [0.4, 0.5) is 13.2 Å². The Balaban J connectivity index is 2.88. The molecule has 0 atom stereocenters. The third kappa shape index (κ3) is 4.95. The molecule has 0 aliphatic carbocycles. The minimum absolute atomic E-state index is 0.156. The van der Waals surface area contributed by atoms with Crippen molar-refractivity contribution in [2.75, 3.05) is 6.54 Å². The lowest BCUT2D eigenvalue weighted by molar-refractivity contribution is -0.137. The molecule has 1 amide bonds. The quantitative estimate of drug-likeness (QED) is 0.838.